The number of hydrogen-bond donors (Lipinski definition) is 1. The van der Waals surface area contributed by atoms with Crippen molar-refractivity contribution in [3.05, 3.63) is 35.4 Å². The third-order valence-electron chi connectivity index (χ3n) is 4.26. The lowest BCUT2D eigenvalue weighted by Gasteiger charge is -2.27. The van der Waals surface area contributed by atoms with Crippen LogP contribution in [0.25, 0.3) is 0 Å². The summed E-state index contributed by atoms with van der Waals surface area (Å²) in [6.07, 6.45) is 3.69. The summed E-state index contributed by atoms with van der Waals surface area (Å²) >= 11 is 0. The summed E-state index contributed by atoms with van der Waals surface area (Å²) in [6, 6.07) is 8.80. The number of rotatable bonds is 3. The second kappa shape index (κ2) is 5.44. The molecule has 2 rings (SSSR count). The molecule has 1 aromatic carbocycles. The van der Waals surface area contributed by atoms with Crippen LogP contribution in [0, 0.1) is 22.7 Å². The van der Waals surface area contributed by atoms with Crippen LogP contribution in [0.3, 0.4) is 0 Å². The van der Waals surface area contributed by atoms with Crippen molar-refractivity contribution < 1.29 is 4.79 Å². The summed E-state index contributed by atoms with van der Waals surface area (Å²) in [6.45, 7) is 5.29. The maximum absolute atomic E-state index is 12.0. The van der Waals surface area contributed by atoms with Gasteiger partial charge in [-0.05, 0) is 48.4 Å². The summed E-state index contributed by atoms with van der Waals surface area (Å²) in [4.78, 5) is 12.0. The van der Waals surface area contributed by atoms with E-state index in [1.54, 1.807) is 24.3 Å². The van der Waals surface area contributed by atoms with Gasteiger partial charge in [0.05, 0.1) is 11.6 Å². The molecule has 1 aromatic rings. The lowest BCUT2D eigenvalue weighted by atomic mass is 9.82. The zero-order valence-corrected chi connectivity index (χ0v) is 11.6. The first-order valence-electron chi connectivity index (χ1n) is 6.81. The van der Waals surface area contributed by atoms with Gasteiger partial charge >= 0.3 is 0 Å². The monoisotopic (exact) mass is 256 g/mol. The fraction of sp³-hybridized carbons (Fsp3) is 0.500. The maximum atomic E-state index is 12.0. The number of hydrogen-bond acceptors (Lipinski definition) is 2. The van der Waals surface area contributed by atoms with Crippen LogP contribution in [0.15, 0.2) is 24.3 Å². The predicted molar refractivity (Wildman–Crippen MR) is 74.6 cm³/mol. The van der Waals surface area contributed by atoms with Crippen LogP contribution in [0.2, 0.25) is 0 Å². The second-order valence-corrected chi connectivity index (χ2v) is 5.98. The Labute approximate surface area is 114 Å². The molecule has 0 unspecified atom stereocenters. The van der Waals surface area contributed by atoms with Gasteiger partial charge in [-0.1, -0.05) is 20.3 Å². The molecular formula is C16H20N2O. The maximum Gasteiger partial charge on any atom is 0.251 e. The third kappa shape index (κ3) is 3.14. The molecule has 0 aliphatic heterocycles. The normalized spacial score (nSPS) is 20.8. The highest BCUT2D eigenvalue weighted by molar-refractivity contribution is 5.94. The fourth-order valence-electron chi connectivity index (χ4n) is 2.79. The van der Waals surface area contributed by atoms with E-state index in [0.717, 1.165) is 6.54 Å². The van der Waals surface area contributed by atoms with E-state index >= 15 is 0 Å². The Morgan fingerprint density at radius 1 is 1.42 bits per heavy atom. The Hall–Kier alpha value is -1.82. The number of nitrogens with one attached hydrogen (secondary N) is 1. The van der Waals surface area contributed by atoms with E-state index in [2.05, 4.69) is 19.2 Å². The van der Waals surface area contributed by atoms with Crippen molar-refractivity contribution in [1.29, 1.82) is 5.26 Å². The molecule has 1 amide bonds. The zero-order chi connectivity index (χ0) is 13.9. The quantitative estimate of drug-likeness (QED) is 0.903. The number of nitriles is 1. The van der Waals surface area contributed by atoms with E-state index in [-0.39, 0.29) is 5.91 Å². The Balaban J connectivity index is 1.92. The van der Waals surface area contributed by atoms with Crippen LogP contribution in [0.1, 0.15) is 49.0 Å². The molecule has 3 nitrogen and oxygen atoms in total. The van der Waals surface area contributed by atoms with Crippen LogP contribution >= 0.6 is 0 Å². The van der Waals surface area contributed by atoms with Crippen molar-refractivity contribution in [1.82, 2.24) is 5.32 Å². The highest BCUT2D eigenvalue weighted by Crippen LogP contribution is 2.41. The topological polar surface area (TPSA) is 52.9 Å². The summed E-state index contributed by atoms with van der Waals surface area (Å²) in [5.41, 5.74) is 1.53. The first-order chi connectivity index (χ1) is 9.03. The minimum Gasteiger partial charge on any atom is -0.352 e. The summed E-state index contributed by atoms with van der Waals surface area (Å²) in [5.74, 6) is 0.516. The van der Waals surface area contributed by atoms with Crippen LogP contribution in [-0.4, -0.2) is 12.5 Å². The van der Waals surface area contributed by atoms with E-state index in [1.165, 1.54) is 19.3 Å². The first kappa shape index (κ1) is 13.6. The van der Waals surface area contributed by atoms with Gasteiger partial charge in [-0.2, -0.15) is 5.26 Å². The molecule has 1 saturated carbocycles. The minimum atomic E-state index is -0.0489. The van der Waals surface area contributed by atoms with Crippen molar-refractivity contribution in [3.63, 3.8) is 0 Å². The van der Waals surface area contributed by atoms with Gasteiger partial charge in [0.2, 0.25) is 0 Å². The molecule has 0 bridgehead atoms. The third-order valence-corrected chi connectivity index (χ3v) is 4.26. The van der Waals surface area contributed by atoms with Crippen LogP contribution in [-0.2, 0) is 0 Å². The first-order valence-corrected chi connectivity index (χ1v) is 6.81. The van der Waals surface area contributed by atoms with Crippen LogP contribution in [0.5, 0.6) is 0 Å². The van der Waals surface area contributed by atoms with Crippen molar-refractivity contribution >= 4 is 5.91 Å². The zero-order valence-electron chi connectivity index (χ0n) is 11.6. The molecule has 1 fully saturated rings. The van der Waals surface area contributed by atoms with Crippen LogP contribution < -0.4 is 5.32 Å². The molecule has 3 heteroatoms. The molecule has 0 radical (unpaired) electrons. The Morgan fingerprint density at radius 2 is 2.11 bits per heavy atom. The number of nitrogens with zero attached hydrogens (tertiary/aromatic N) is 1. The van der Waals surface area contributed by atoms with Crippen molar-refractivity contribution in [3.8, 4) is 6.07 Å². The summed E-state index contributed by atoms with van der Waals surface area (Å²) in [5, 5.41) is 11.7. The molecule has 1 aliphatic rings. The SMILES string of the molecule is CC1(C)CCC[C@H]1CNC(=O)c1ccc(C#N)cc1. The lowest BCUT2D eigenvalue weighted by molar-refractivity contribution is 0.0937. The standard InChI is InChI=1S/C16H20N2O/c1-16(2)9-3-4-14(16)11-18-15(19)13-7-5-12(10-17)6-8-13/h5-8,14H,3-4,9,11H2,1-2H3,(H,18,19)/t14-/m0/s1. The van der Waals surface area contributed by atoms with Gasteiger partial charge in [0.1, 0.15) is 0 Å². The summed E-state index contributed by atoms with van der Waals surface area (Å²) in [7, 11) is 0. The van der Waals surface area contributed by atoms with E-state index in [4.69, 9.17) is 5.26 Å². The van der Waals surface area contributed by atoms with E-state index in [9.17, 15) is 4.79 Å². The van der Waals surface area contributed by atoms with E-state index < -0.39 is 0 Å². The molecule has 1 aliphatic carbocycles. The van der Waals surface area contributed by atoms with Gasteiger partial charge in [0.25, 0.3) is 5.91 Å². The number of benzene rings is 1. The van der Waals surface area contributed by atoms with Gasteiger partial charge in [0, 0.05) is 12.1 Å². The van der Waals surface area contributed by atoms with Gasteiger partial charge in [0.15, 0.2) is 0 Å². The molecule has 0 aromatic heterocycles. The molecule has 0 saturated heterocycles. The number of carbonyl (C=O) groups is 1. The Morgan fingerprint density at radius 3 is 2.63 bits per heavy atom. The van der Waals surface area contributed by atoms with Gasteiger partial charge in [-0.3, -0.25) is 4.79 Å². The number of carbonyl (C=O) groups excluding carboxylic acids is 1. The molecule has 0 heterocycles. The second-order valence-electron chi connectivity index (χ2n) is 5.98. The van der Waals surface area contributed by atoms with Gasteiger partial charge in [-0.25, -0.2) is 0 Å². The Kier molecular flexibility index (Phi) is 3.90. The van der Waals surface area contributed by atoms with E-state index in [1.807, 2.05) is 6.07 Å². The van der Waals surface area contributed by atoms with Gasteiger partial charge in [-0.15, -0.1) is 0 Å². The van der Waals surface area contributed by atoms with Gasteiger partial charge < -0.3 is 5.32 Å². The largest absolute Gasteiger partial charge is 0.352 e. The average molecular weight is 256 g/mol. The Bertz CT molecular complexity index is 496. The highest BCUT2D eigenvalue weighted by Gasteiger charge is 2.34. The fourth-order valence-corrected chi connectivity index (χ4v) is 2.79. The molecule has 0 spiro atoms. The minimum absolute atomic E-state index is 0.0489. The van der Waals surface area contributed by atoms with E-state index in [0.29, 0.717) is 22.5 Å². The molecule has 19 heavy (non-hydrogen) atoms. The average Bonchev–Trinajstić information content (AvgIpc) is 2.75. The van der Waals surface area contributed by atoms with Crippen LogP contribution in [0.4, 0.5) is 0 Å². The molecular weight excluding hydrogens is 236 g/mol. The number of amides is 1. The summed E-state index contributed by atoms with van der Waals surface area (Å²) < 4.78 is 0. The smallest absolute Gasteiger partial charge is 0.251 e. The molecule has 1 atom stereocenters. The highest BCUT2D eigenvalue weighted by atomic mass is 16.1. The van der Waals surface area contributed by atoms with Crippen molar-refractivity contribution in [2.45, 2.75) is 33.1 Å². The molecule has 1 N–H and O–H groups in total. The molecule has 100 valence electrons. The van der Waals surface area contributed by atoms with Crippen molar-refractivity contribution in [2.24, 2.45) is 11.3 Å². The lowest BCUT2D eigenvalue weighted by Crippen LogP contribution is -2.33. The predicted octanol–water partition coefficient (Wildman–Crippen LogP) is 3.11. The van der Waals surface area contributed by atoms with Crippen molar-refractivity contribution in [2.75, 3.05) is 6.54 Å².